The molecule has 1 rings (SSSR count). The minimum Gasteiger partial charge on any atom is -0.389 e. The van der Waals surface area contributed by atoms with Gasteiger partial charge in [0.15, 0.2) is 0 Å². The maximum Gasteiger partial charge on any atom is 0.129 e. The van der Waals surface area contributed by atoms with Gasteiger partial charge in [0.25, 0.3) is 0 Å². The Morgan fingerprint density at radius 1 is 1.59 bits per heavy atom. The number of rotatable bonds is 6. The first kappa shape index (κ1) is 13.6. The highest BCUT2D eigenvalue weighted by Gasteiger charge is 2.05. The van der Waals surface area contributed by atoms with E-state index in [-0.39, 0.29) is 6.61 Å². The van der Waals surface area contributed by atoms with E-state index in [1.807, 2.05) is 6.07 Å². The van der Waals surface area contributed by atoms with Gasteiger partial charge in [0.1, 0.15) is 5.82 Å². The van der Waals surface area contributed by atoms with Gasteiger partial charge in [-0.2, -0.15) is 5.26 Å². The minimum absolute atomic E-state index is 0.239. The largest absolute Gasteiger partial charge is 0.389 e. The van der Waals surface area contributed by atoms with Crippen LogP contribution in [0.2, 0.25) is 0 Å². The van der Waals surface area contributed by atoms with Gasteiger partial charge in [0, 0.05) is 25.8 Å². The molecule has 0 aliphatic heterocycles. The lowest BCUT2D eigenvalue weighted by Gasteiger charge is -2.11. The number of aliphatic hydroxyl groups excluding tert-OH is 1. The first-order chi connectivity index (χ1) is 8.17. The fourth-order valence-electron chi connectivity index (χ4n) is 1.38. The molecule has 0 spiro atoms. The molecule has 1 unspecified atom stereocenters. The number of ether oxygens (including phenoxy) is 1. The van der Waals surface area contributed by atoms with E-state index in [1.165, 1.54) is 13.2 Å². The number of methoxy groups -OCH3 is 1. The van der Waals surface area contributed by atoms with E-state index in [2.05, 4.69) is 5.32 Å². The highest BCUT2D eigenvalue weighted by molar-refractivity contribution is 5.32. The van der Waals surface area contributed by atoms with Crippen LogP contribution < -0.4 is 5.32 Å². The molecule has 0 radical (unpaired) electrons. The lowest BCUT2D eigenvalue weighted by molar-refractivity contribution is 0.0643. The Labute approximate surface area is 99.6 Å². The second-order valence-electron chi connectivity index (χ2n) is 3.66. The SMILES string of the molecule is COCC(O)CNCc1ccc(C#N)cc1F. The molecule has 1 atom stereocenters. The van der Waals surface area contributed by atoms with Crippen molar-refractivity contribution in [2.45, 2.75) is 12.6 Å². The zero-order valence-corrected chi connectivity index (χ0v) is 9.61. The van der Waals surface area contributed by atoms with Crippen LogP contribution in [0.1, 0.15) is 11.1 Å². The molecule has 0 fully saturated rings. The monoisotopic (exact) mass is 238 g/mol. The molecule has 2 N–H and O–H groups in total. The summed E-state index contributed by atoms with van der Waals surface area (Å²) in [5.41, 5.74) is 0.763. The molecular weight excluding hydrogens is 223 g/mol. The summed E-state index contributed by atoms with van der Waals surface area (Å²) < 4.78 is 18.2. The molecule has 1 aromatic carbocycles. The zero-order valence-electron chi connectivity index (χ0n) is 9.61. The van der Waals surface area contributed by atoms with E-state index < -0.39 is 11.9 Å². The Balaban J connectivity index is 2.45. The fourth-order valence-corrected chi connectivity index (χ4v) is 1.38. The number of aliphatic hydroxyl groups is 1. The molecule has 0 saturated heterocycles. The molecule has 0 aliphatic carbocycles. The van der Waals surface area contributed by atoms with Crippen molar-refractivity contribution in [3.8, 4) is 6.07 Å². The number of nitrogens with one attached hydrogen (secondary N) is 1. The molecule has 0 heterocycles. The molecule has 0 bridgehead atoms. The van der Waals surface area contributed by atoms with Crippen molar-refractivity contribution in [3.05, 3.63) is 35.1 Å². The van der Waals surface area contributed by atoms with Crippen molar-refractivity contribution in [1.29, 1.82) is 5.26 Å². The van der Waals surface area contributed by atoms with Gasteiger partial charge in [-0.05, 0) is 12.1 Å². The summed E-state index contributed by atoms with van der Waals surface area (Å²) in [6, 6.07) is 6.19. The second kappa shape index (κ2) is 6.97. The van der Waals surface area contributed by atoms with Gasteiger partial charge in [-0.15, -0.1) is 0 Å². The average molecular weight is 238 g/mol. The minimum atomic E-state index is -0.610. The highest BCUT2D eigenvalue weighted by Crippen LogP contribution is 2.09. The van der Waals surface area contributed by atoms with Crippen molar-refractivity contribution in [3.63, 3.8) is 0 Å². The third kappa shape index (κ3) is 4.49. The summed E-state index contributed by atoms with van der Waals surface area (Å²) in [4.78, 5) is 0. The zero-order chi connectivity index (χ0) is 12.7. The predicted molar refractivity (Wildman–Crippen MR) is 60.7 cm³/mol. The summed E-state index contributed by atoms with van der Waals surface area (Å²) in [6.07, 6.45) is -0.610. The number of halogens is 1. The van der Waals surface area contributed by atoms with Gasteiger partial charge in [0.2, 0.25) is 0 Å². The van der Waals surface area contributed by atoms with E-state index in [0.717, 1.165) is 0 Å². The molecule has 5 heteroatoms. The lowest BCUT2D eigenvalue weighted by Crippen LogP contribution is -2.29. The van der Waals surface area contributed by atoms with Crippen molar-refractivity contribution in [1.82, 2.24) is 5.32 Å². The summed E-state index contributed by atoms with van der Waals surface area (Å²) in [7, 11) is 1.50. The smallest absolute Gasteiger partial charge is 0.129 e. The van der Waals surface area contributed by atoms with Crippen LogP contribution in [0.4, 0.5) is 4.39 Å². The molecular formula is C12H15FN2O2. The van der Waals surface area contributed by atoms with Crippen LogP contribution >= 0.6 is 0 Å². The molecule has 4 nitrogen and oxygen atoms in total. The van der Waals surface area contributed by atoms with Crippen molar-refractivity contribution in [2.75, 3.05) is 20.3 Å². The lowest BCUT2D eigenvalue weighted by atomic mass is 10.1. The van der Waals surface area contributed by atoms with Crippen LogP contribution in [-0.2, 0) is 11.3 Å². The average Bonchev–Trinajstić information content (AvgIpc) is 2.31. The topological polar surface area (TPSA) is 65.3 Å². The first-order valence-electron chi connectivity index (χ1n) is 5.23. The standard InChI is InChI=1S/C12H15FN2O2/c1-17-8-11(16)7-15-6-10-3-2-9(5-14)4-12(10)13/h2-4,11,15-16H,6-8H2,1H3. The van der Waals surface area contributed by atoms with Crippen LogP contribution in [0.5, 0.6) is 0 Å². The normalized spacial score (nSPS) is 12.1. The van der Waals surface area contributed by atoms with Gasteiger partial charge < -0.3 is 15.2 Å². The van der Waals surface area contributed by atoms with Crippen LogP contribution in [0.25, 0.3) is 0 Å². The van der Waals surface area contributed by atoms with E-state index in [9.17, 15) is 9.50 Å². The number of nitrogens with zero attached hydrogens (tertiary/aromatic N) is 1. The number of hydrogen-bond acceptors (Lipinski definition) is 4. The maximum absolute atomic E-state index is 13.4. The van der Waals surface area contributed by atoms with E-state index in [1.54, 1.807) is 12.1 Å². The Morgan fingerprint density at radius 2 is 2.35 bits per heavy atom. The molecule has 92 valence electrons. The van der Waals surface area contributed by atoms with Crippen molar-refractivity contribution >= 4 is 0 Å². The van der Waals surface area contributed by atoms with Crippen LogP contribution in [0.15, 0.2) is 18.2 Å². The number of benzene rings is 1. The summed E-state index contributed by atoms with van der Waals surface area (Å²) in [5.74, 6) is -0.419. The maximum atomic E-state index is 13.4. The quantitative estimate of drug-likeness (QED) is 0.769. The van der Waals surface area contributed by atoms with Crippen molar-refractivity contribution in [2.24, 2.45) is 0 Å². The molecule has 1 aromatic rings. The van der Waals surface area contributed by atoms with Crippen LogP contribution in [0.3, 0.4) is 0 Å². The molecule has 0 saturated carbocycles. The second-order valence-corrected chi connectivity index (χ2v) is 3.66. The van der Waals surface area contributed by atoms with Gasteiger partial charge in [-0.1, -0.05) is 6.07 Å². The third-order valence-corrected chi connectivity index (χ3v) is 2.24. The summed E-state index contributed by atoms with van der Waals surface area (Å²) in [5, 5.41) is 20.8. The van der Waals surface area contributed by atoms with Gasteiger partial charge in [0.05, 0.1) is 24.3 Å². The van der Waals surface area contributed by atoms with Crippen LogP contribution in [-0.4, -0.2) is 31.5 Å². The number of hydrogen-bond donors (Lipinski definition) is 2. The Kier molecular flexibility index (Phi) is 5.57. The first-order valence-corrected chi connectivity index (χ1v) is 5.23. The van der Waals surface area contributed by atoms with Gasteiger partial charge in [-0.25, -0.2) is 4.39 Å². The molecule has 17 heavy (non-hydrogen) atoms. The molecule has 0 amide bonds. The summed E-state index contributed by atoms with van der Waals surface area (Å²) >= 11 is 0. The molecule has 0 aromatic heterocycles. The third-order valence-electron chi connectivity index (χ3n) is 2.24. The predicted octanol–water partition coefficient (Wildman–Crippen LogP) is 0.794. The number of nitriles is 1. The molecule has 0 aliphatic rings. The van der Waals surface area contributed by atoms with Crippen molar-refractivity contribution < 1.29 is 14.2 Å². The Bertz CT molecular complexity index is 404. The van der Waals surface area contributed by atoms with Gasteiger partial charge in [-0.3, -0.25) is 0 Å². The Hall–Kier alpha value is -1.48. The fraction of sp³-hybridized carbons (Fsp3) is 0.417. The van der Waals surface area contributed by atoms with Crippen LogP contribution in [0, 0.1) is 17.1 Å². The van der Waals surface area contributed by atoms with E-state index >= 15 is 0 Å². The Morgan fingerprint density at radius 3 is 2.94 bits per heavy atom. The van der Waals surface area contributed by atoms with Gasteiger partial charge >= 0.3 is 0 Å². The summed E-state index contributed by atoms with van der Waals surface area (Å²) in [6.45, 7) is 0.869. The van der Waals surface area contributed by atoms with E-state index in [4.69, 9.17) is 10.00 Å². The highest BCUT2D eigenvalue weighted by atomic mass is 19.1. The van der Waals surface area contributed by atoms with E-state index in [0.29, 0.717) is 24.2 Å².